The zero-order chi connectivity index (χ0) is 13.7. The maximum Gasteiger partial charge on any atom is 0.321 e. The molecule has 2 aromatic rings. The average Bonchev–Trinajstić information content (AvgIpc) is 3.01. The van der Waals surface area contributed by atoms with E-state index in [4.69, 9.17) is 9.15 Å². The number of carbonyl (C=O) groups excluding carboxylic acids is 1. The number of nitrogens with zero attached hydrogens (tertiary/aromatic N) is 2. The molecule has 7 nitrogen and oxygen atoms in total. The molecule has 0 saturated heterocycles. The summed E-state index contributed by atoms with van der Waals surface area (Å²) in [4.78, 5) is 11.9. The zero-order valence-electron chi connectivity index (χ0n) is 10.8. The van der Waals surface area contributed by atoms with E-state index in [-0.39, 0.29) is 12.1 Å². The van der Waals surface area contributed by atoms with Gasteiger partial charge in [0, 0.05) is 20.2 Å². The Morgan fingerprint density at radius 3 is 3.00 bits per heavy atom. The number of hydrogen-bond acceptors (Lipinski definition) is 4. The molecule has 0 aliphatic carbocycles. The highest BCUT2D eigenvalue weighted by Gasteiger charge is 2.17. The van der Waals surface area contributed by atoms with Gasteiger partial charge in [0.2, 0.25) is 0 Å². The van der Waals surface area contributed by atoms with E-state index < -0.39 is 0 Å². The zero-order valence-corrected chi connectivity index (χ0v) is 10.8. The van der Waals surface area contributed by atoms with Gasteiger partial charge in [-0.25, -0.2) is 4.79 Å². The number of aromatic nitrogens is 2. The lowest BCUT2D eigenvalue weighted by Crippen LogP contribution is -2.35. The fourth-order valence-electron chi connectivity index (χ4n) is 1.66. The molecule has 0 aliphatic heterocycles. The predicted molar refractivity (Wildman–Crippen MR) is 68.7 cm³/mol. The molecule has 0 unspecified atom stereocenters. The highest BCUT2D eigenvalue weighted by molar-refractivity contribution is 5.88. The first-order valence-corrected chi connectivity index (χ1v) is 5.78. The topological polar surface area (TPSA) is 81.3 Å². The monoisotopic (exact) mass is 264 g/mol. The van der Waals surface area contributed by atoms with Crippen molar-refractivity contribution in [1.82, 2.24) is 15.1 Å². The van der Waals surface area contributed by atoms with Crippen molar-refractivity contribution in [3.8, 4) is 0 Å². The quantitative estimate of drug-likeness (QED) is 0.858. The van der Waals surface area contributed by atoms with Gasteiger partial charge in [-0.05, 0) is 12.1 Å². The summed E-state index contributed by atoms with van der Waals surface area (Å²) in [6.45, 7) is 0.326. The summed E-state index contributed by atoms with van der Waals surface area (Å²) in [5.74, 6) is 1.25. The SMILES string of the molecule is COC[C@H](NC(=O)Nc1ccnn1C)c1ccco1. The van der Waals surface area contributed by atoms with Crippen LogP contribution in [0.5, 0.6) is 0 Å². The molecular weight excluding hydrogens is 248 g/mol. The highest BCUT2D eigenvalue weighted by Crippen LogP contribution is 2.14. The second-order valence-corrected chi connectivity index (χ2v) is 3.96. The Hall–Kier alpha value is -2.28. The molecule has 102 valence electrons. The third-order valence-electron chi connectivity index (χ3n) is 2.59. The van der Waals surface area contributed by atoms with Crippen LogP contribution < -0.4 is 10.6 Å². The van der Waals surface area contributed by atoms with Crippen molar-refractivity contribution in [2.24, 2.45) is 7.05 Å². The van der Waals surface area contributed by atoms with Gasteiger partial charge >= 0.3 is 6.03 Å². The van der Waals surface area contributed by atoms with Crippen molar-refractivity contribution in [2.45, 2.75) is 6.04 Å². The Morgan fingerprint density at radius 1 is 1.58 bits per heavy atom. The van der Waals surface area contributed by atoms with E-state index in [0.29, 0.717) is 18.2 Å². The summed E-state index contributed by atoms with van der Waals surface area (Å²) in [6.07, 6.45) is 3.16. The van der Waals surface area contributed by atoms with E-state index in [1.807, 2.05) is 0 Å². The van der Waals surface area contributed by atoms with Gasteiger partial charge in [0.15, 0.2) is 0 Å². The molecular formula is C12H16N4O3. The molecule has 0 spiro atoms. The first kappa shape index (κ1) is 13.2. The van der Waals surface area contributed by atoms with Crippen LogP contribution in [-0.2, 0) is 11.8 Å². The number of ether oxygens (including phenoxy) is 1. The summed E-state index contributed by atoms with van der Waals surface area (Å²) in [6, 6.07) is 4.57. The smallest absolute Gasteiger partial charge is 0.321 e. The highest BCUT2D eigenvalue weighted by atomic mass is 16.5. The van der Waals surface area contributed by atoms with Crippen molar-refractivity contribution in [1.29, 1.82) is 0 Å². The van der Waals surface area contributed by atoms with Crippen molar-refractivity contribution in [3.63, 3.8) is 0 Å². The molecule has 2 heterocycles. The van der Waals surface area contributed by atoms with E-state index in [1.165, 1.54) is 0 Å². The number of aryl methyl sites for hydroxylation is 1. The van der Waals surface area contributed by atoms with E-state index in [0.717, 1.165) is 0 Å². The minimum atomic E-state index is -0.345. The molecule has 2 N–H and O–H groups in total. The first-order chi connectivity index (χ1) is 9.20. The molecule has 1 atom stereocenters. The summed E-state index contributed by atoms with van der Waals surface area (Å²) in [5, 5.41) is 9.44. The normalized spacial score (nSPS) is 12.1. The largest absolute Gasteiger partial charge is 0.467 e. The molecule has 19 heavy (non-hydrogen) atoms. The summed E-state index contributed by atoms with van der Waals surface area (Å²) >= 11 is 0. The van der Waals surface area contributed by atoms with Gasteiger partial charge < -0.3 is 14.5 Å². The van der Waals surface area contributed by atoms with Gasteiger partial charge in [0.05, 0.1) is 19.1 Å². The summed E-state index contributed by atoms with van der Waals surface area (Å²) in [5.41, 5.74) is 0. The third kappa shape index (κ3) is 3.35. The molecule has 2 aromatic heterocycles. The maximum atomic E-state index is 11.9. The molecule has 0 aliphatic rings. The molecule has 0 fully saturated rings. The lowest BCUT2D eigenvalue weighted by Gasteiger charge is -2.16. The second-order valence-electron chi connectivity index (χ2n) is 3.96. The minimum absolute atomic E-state index is 0.326. The van der Waals surface area contributed by atoms with Crippen molar-refractivity contribution < 1.29 is 13.9 Å². The van der Waals surface area contributed by atoms with Gasteiger partial charge in [0.25, 0.3) is 0 Å². The van der Waals surface area contributed by atoms with Crippen LogP contribution in [0.3, 0.4) is 0 Å². The number of urea groups is 1. The minimum Gasteiger partial charge on any atom is -0.467 e. The molecule has 2 rings (SSSR count). The molecule has 2 amide bonds. The van der Waals surface area contributed by atoms with Crippen LogP contribution in [0.15, 0.2) is 35.1 Å². The number of amides is 2. The third-order valence-corrected chi connectivity index (χ3v) is 2.59. The van der Waals surface area contributed by atoms with Gasteiger partial charge in [-0.3, -0.25) is 10.00 Å². The number of hydrogen-bond donors (Lipinski definition) is 2. The molecule has 7 heteroatoms. The fourth-order valence-corrected chi connectivity index (χ4v) is 1.66. The molecule has 0 saturated carbocycles. The van der Waals surface area contributed by atoms with Gasteiger partial charge in [-0.15, -0.1) is 0 Å². The van der Waals surface area contributed by atoms with E-state index in [9.17, 15) is 4.79 Å². The second kappa shape index (κ2) is 6.05. The Kier molecular flexibility index (Phi) is 4.19. The predicted octanol–water partition coefficient (Wildman–Crippen LogP) is 1.52. The van der Waals surface area contributed by atoms with Gasteiger partial charge in [-0.2, -0.15) is 5.10 Å². The van der Waals surface area contributed by atoms with Crippen LogP contribution in [-0.4, -0.2) is 29.5 Å². The van der Waals surface area contributed by atoms with Crippen LogP contribution in [0, 0.1) is 0 Å². The first-order valence-electron chi connectivity index (χ1n) is 5.78. The van der Waals surface area contributed by atoms with Crippen LogP contribution >= 0.6 is 0 Å². The number of furan rings is 1. The number of anilines is 1. The number of rotatable bonds is 5. The lowest BCUT2D eigenvalue weighted by molar-refractivity contribution is 0.159. The molecule has 0 aromatic carbocycles. The Bertz CT molecular complexity index is 521. The van der Waals surface area contributed by atoms with Gasteiger partial charge in [0.1, 0.15) is 17.6 Å². The Labute approximate surface area is 110 Å². The van der Waals surface area contributed by atoms with Gasteiger partial charge in [-0.1, -0.05) is 0 Å². The Balaban J connectivity index is 1.97. The van der Waals surface area contributed by atoms with E-state index in [2.05, 4.69) is 15.7 Å². The van der Waals surface area contributed by atoms with Crippen molar-refractivity contribution in [3.05, 3.63) is 36.4 Å². The summed E-state index contributed by atoms with van der Waals surface area (Å²) < 4.78 is 11.9. The van der Waals surface area contributed by atoms with Crippen LogP contribution in [0.1, 0.15) is 11.8 Å². The van der Waals surface area contributed by atoms with Crippen LogP contribution in [0.2, 0.25) is 0 Å². The number of carbonyl (C=O) groups is 1. The van der Waals surface area contributed by atoms with Crippen molar-refractivity contribution >= 4 is 11.8 Å². The maximum absolute atomic E-state index is 11.9. The Morgan fingerprint density at radius 2 is 2.42 bits per heavy atom. The van der Waals surface area contributed by atoms with Crippen molar-refractivity contribution in [2.75, 3.05) is 19.0 Å². The van der Waals surface area contributed by atoms with E-state index >= 15 is 0 Å². The fraction of sp³-hybridized carbons (Fsp3) is 0.333. The van der Waals surface area contributed by atoms with Crippen LogP contribution in [0.25, 0.3) is 0 Å². The van der Waals surface area contributed by atoms with E-state index in [1.54, 1.807) is 49.5 Å². The van der Waals surface area contributed by atoms with Crippen LogP contribution in [0.4, 0.5) is 10.6 Å². The molecule has 0 radical (unpaired) electrons. The molecule has 0 bridgehead atoms. The number of nitrogens with one attached hydrogen (secondary N) is 2. The standard InChI is InChI=1S/C12H16N4O3/c1-16-11(5-6-13-16)15-12(17)14-9(8-18-2)10-4-3-7-19-10/h3-7,9H,8H2,1-2H3,(H2,14,15,17)/t9-/m0/s1. The lowest BCUT2D eigenvalue weighted by atomic mass is 10.2. The number of methoxy groups -OCH3 is 1. The average molecular weight is 264 g/mol. The summed E-state index contributed by atoms with van der Waals surface area (Å²) in [7, 11) is 3.31.